The van der Waals surface area contributed by atoms with Crippen molar-refractivity contribution in [2.75, 3.05) is 57.9 Å². The average Bonchev–Trinajstić information content (AvgIpc) is 3.10. The molecule has 4 amide bonds. The number of carbonyl (C=O) groups is 4. The lowest BCUT2D eigenvalue weighted by Crippen LogP contribution is -2.54. The number of nitrogens with one attached hydrogen (secondary N) is 2. The molecule has 4 N–H and O–H groups in total. The van der Waals surface area contributed by atoms with Gasteiger partial charge in [-0.2, -0.15) is 0 Å². The van der Waals surface area contributed by atoms with Crippen LogP contribution in [0.15, 0.2) is 18.2 Å². The molecule has 0 aromatic heterocycles. The quantitative estimate of drug-likeness (QED) is 0.289. The van der Waals surface area contributed by atoms with Crippen molar-refractivity contribution < 1.29 is 28.7 Å². The highest BCUT2D eigenvalue weighted by molar-refractivity contribution is 6.25. The maximum atomic E-state index is 13.2. The number of nitrogens with two attached hydrogens (primary N) is 1. The number of rotatable bonds is 11. The van der Waals surface area contributed by atoms with Crippen molar-refractivity contribution in [3.63, 3.8) is 0 Å². The fraction of sp³-hybridized carbons (Fsp3) is 0.583. The van der Waals surface area contributed by atoms with Crippen LogP contribution >= 0.6 is 0 Å². The van der Waals surface area contributed by atoms with Crippen molar-refractivity contribution in [3.05, 3.63) is 29.3 Å². The Hall–Kier alpha value is -2.86. The van der Waals surface area contributed by atoms with Gasteiger partial charge in [0.1, 0.15) is 6.04 Å². The van der Waals surface area contributed by atoms with E-state index in [4.69, 9.17) is 15.2 Å². The number of hydrogen-bond donors (Lipinski definition) is 3. The highest BCUT2D eigenvalue weighted by Gasteiger charge is 2.45. The standard InChI is InChI=1S/C24H33N5O6/c25-8-12-34-14-15-35-13-11-28-9-6-16(7-10-28)26-18-3-1-2-17-21(18)24(33)29(23(17)32)19-4-5-20(30)27-22(19)31/h1-3,16,19,26H,4-15,25H2,(H,27,30,31). The summed E-state index contributed by atoms with van der Waals surface area (Å²) in [7, 11) is 0. The van der Waals surface area contributed by atoms with E-state index in [9.17, 15) is 19.2 Å². The number of nitrogens with zero attached hydrogens (tertiary/aromatic N) is 2. The molecule has 4 rings (SSSR count). The summed E-state index contributed by atoms with van der Waals surface area (Å²) in [5.41, 5.74) is 6.57. The SMILES string of the molecule is NCCOCCOCCN1CCC(Nc2cccc3c2C(=O)N(C2CCC(=O)NC2=O)C3=O)CC1. The summed E-state index contributed by atoms with van der Waals surface area (Å²) in [6, 6.07) is 4.34. The van der Waals surface area contributed by atoms with Gasteiger partial charge < -0.3 is 25.4 Å². The summed E-state index contributed by atoms with van der Waals surface area (Å²) >= 11 is 0. The number of benzene rings is 1. The van der Waals surface area contributed by atoms with Crippen LogP contribution in [0, 0.1) is 0 Å². The molecule has 0 aliphatic carbocycles. The van der Waals surface area contributed by atoms with E-state index >= 15 is 0 Å². The molecule has 11 heteroatoms. The second-order valence-electron chi connectivity index (χ2n) is 8.95. The lowest BCUT2D eigenvalue weighted by Gasteiger charge is -2.33. The second-order valence-corrected chi connectivity index (χ2v) is 8.95. The zero-order valence-electron chi connectivity index (χ0n) is 19.8. The minimum Gasteiger partial charge on any atom is -0.382 e. The number of imide groups is 2. The largest absolute Gasteiger partial charge is 0.382 e. The predicted octanol–water partition coefficient (Wildman–Crippen LogP) is -0.0440. The molecular weight excluding hydrogens is 454 g/mol. The van der Waals surface area contributed by atoms with E-state index in [1.54, 1.807) is 18.2 Å². The molecule has 11 nitrogen and oxygen atoms in total. The lowest BCUT2D eigenvalue weighted by molar-refractivity contribution is -0.136. The summed E-state index contributed by atoms with van der Waals surface area (Å²) in [6.07, 6.45) is 2.02. The van der Waals surface area contributed by atoms with Gasteiger partial charge in [-0.25, -0.2) is 0 Å². The molecule has 0 saturated carbocycles. The van der Waals surface area contributed by atoms with E-state index < -0.39 is 23.8 Å². The molecule has 190 valence electrons. The van der Waals surface area contributed by atoms with Gasteiger partial charge >= 0.3 is 0 Å². The van der Waals surface area contributed by atoms with Crippen LogP contribution in [0.1, 0.15) is 46.4 Å². The third-order valence-electron chi connectivity index (χ3n) is 6.60. The van der Waals surface area contributed by atoms with Crippen LogP contribution in [0.4, 0.5) is 5.69 Å². The smallest absolute Gasteiger partial charge is 0.264 e. The van der Waals surface area contributed by atoms with Gasteiger partial charge in [0.15, 0.2) is 0 Å². The molecule has 3 aliphatic heterocycles. The third-order valence-corrected chi connectivity index (χ3v) is 6.60. The summed E-state index contributed by atoms with van der Waals surface area (Å²) < 4.78 is 10.9. The minimum atomic E-state index is -0.967. The van der Waals surface area contributed by atoms with Crippen molar-refractivity contribution in [1.82, 2.24) is 15.1 Å². The Balaban J connectivity index is 1.30. The van der Waals surface area contributed by atoms with Crippen LogP contribution in [-0.4, -0.2) is 98.1 Å². The van der Waals surface area contributed by atoms with Gasteiger partial charge in [0, 0.05) is 44.3 Å². The van der Waals surface area contributed by atoms with Gasteiger partial charge in [-0.05, 0) is 31.4 Å². The first-order chi connectivity index (χ1) is 17.0. The number of ether oxygens (including phenoxy) is 2. The molecule has 0 spiro atoms. The summed E-state index contributed by atoms with van der Waals surface area (Å²) in [4.78, 5) is 53.4. The molecule has 2 saturated heterocycles. The zero-order valence-corrected chi connectivity index (χ0v) is 19.8. The topological polar surface area (TPSA) is 143 Å². The van der Waals surface area contributed by atoms with E-state index in [0.29, 0.717) is 44.2 Å². The van der Waals surface area contributed by atoms with E-state index in [-0.39, 0.29) is 30.4 Å². The van der Waals surface area contributed by atoms with Crippen LogP contribution in [-0.2, 0) is 19.1 Å². The second kappa shape index (κ2) is 11.7. The fourth-order valence-corrected chi connectivity index (χ4v) is 4.76. The van der Waals surface area contributed by atoms with Gasteiger partial charge in [-0.3, -0.25) is 29.4 Å². The Kier molecular flexibility index (Phi) is 8.45. The first kappa shape index (κ1) is 25.2. The van der Waals surface area contributed by atoms with Crippen LogP contribution in [0.2, 0.25) is 0 Å². The summed E-state index contributed by atoms with van der Waals surface area (Å²) in [6.45, 7) is 5.44. The molecule has 1 atom stereocenters. The summed E-state index contributed by atoms with van der Waals surface area (Å²) in [5, 5.41) is 5.68. The number of fused-ring (bicyclic) bond motifs is 1. The van der Waals surface area contributed by atoms with Gasteiger partial charge in [-0.1, -0.05) is 6.07 Å². The Morgan fingerprint density at radius 3 is 2.43 bits per heavy atom. The maximum absolute atomic E-state index is 13.2. The normalized spacial score (nSPS) is 21.4. The number of hydrogen-bond acceptors (Lipinski definition) is 9. The van der Waals surface area contributed by atoms with E-state index in [0.717, 1.165) is 37.4 Å². The monoisotopic (exact) mass is 487 g/mol. The van der Waals surface area contributed by atoms with E-state index in [2.05, 4.69) is 15.5 Å². The molecule has 0 bridgehead atoms. The van der Waals surface area contributed by atoms with Gasteiger partial charge in [0.25, 0.3) is 11.8 Å². The van der Waals surface area contributed by atoms with Crippen LogP contribution in [0.25, 0.3) is 0 Å². The van der Waals surface area contributed by atoms with Crippen LogP contribution in [0.3, 0.4) is 0 Å². The zero-order chi connectivity index (χ0) is 24.8. The number of carbonyl (C=O) groups excluding carboxylic acids is 4. The number of anilines is 1. The van der Waals surface area contributed by atoms with Crippen molar-refractivity contribution in [3.8, 4) is 0 Å². The Morgan fingerprint density at radius 2 is 1.71 bits per heavy atom. The molecule has 0 radical (unpaired) electrons. The Bertz CT molecular complexity index is 962. The molecular formula is C24H33N5O6. The highest BCUT2D eigenvalue weighted by atomic mass is 16.5. The Morgan fingerprint density at radius 1 is 0.971 bits per heavy atom. The lowest BCUT2D eigenvalue weighted by atomic mass is 10.0. The van der Waals surface area contributed by atoms with Crippen molar-refractivity contribution in [1.29, 1.82) is 0 Å². The first-order valence-electron chi connectivity index (χ1n) is 12.2. The maximum Gasteiger partial charge on any atom is 0.264 e. The average molecular weight is 488 g/mol. The predicted molar refractivity (Wildman–Crippen MR) is 127 cm³/mol. The number of piperidine rings is 2. The highest BCUT2D eigenvalue weighted by Crippen LogP contribution is 2.33. The van der Waals surface area contributed by atoms with Crippen LogP contribution < -0.4 is 16.4 Å². The molecule has 2 fully saturated rings. The molecule has 3 aliphatic rings. The minimum absolute atomic E-state index is 0.0978. The van der Waals surface area contributed by atoms with Gasteiger partial charge in [-0.15, -0.1) is 0 Å². The van der Waals surface area contributed by atoms with Gasteiger partial charge in [0.05, 0.1) is 37.6 Å². The molecule has 1 unspecified atom stereocenters. The molecule has 1 aromatic rings. The van der Waals surface area contributed by atoms with E-state index in [1.165, 1.54) is 0 Å². The first-order valence-corrected chi connectivity index (χ1v) is 12.2. The van der Waals surface area contributed by atoms with Crippen molar-refractivity contribution in [2.24, 2.45) is 5.73 Å². The van der Waals surface area contributed by atoms with Crippen molar-refractivity contribution in [2.45, 2.75) is 37.8 Å². The van der Waals surface area contributed by atoms with E-state index in [1.807, 2.05) is 0 Å². The molecule has 3 heterocycles. The van der Waals surface area contributed by atoms with Crippen molar-refractivity contribution >= 4 is 29.3 Å². The van der Waals surface area contributed by atoms with Crippen LogP contribution in [0.5, 0.6) is 0 Å². The summed E-state index contributed by atoms with van der Waals surface area (Å²) in [5.74, 6) is -1.98. The fourth-order valence-electron chi connectivity index (χ4n) is 4.76. The third kappa shape index (κ3) is 5.87. The number of likely N-dealkylation sites (tertiary alicyclic amines) is 1. The molecule has 35 heavy (non-hydrogen) atoms. The number of amides is 4. The molecule has 1 aromatic carbocycles. The Labute approximate surface area is 204 Å². The van der Waals surface area contributed by atoms with Gasteiger partial charge in [0.2, 0.25) is 11.8 Å².